The maximum absolute atomic E-state index is 12.7. The summed E-state index contributed by atoms with van der Waals surface area (Å²) in [6, 6.07) is 0. The van der Waals surface area contributed by atoms with Crippen LogP contribution in [0, 0.1) is 0 Å². The van der Waals surface area contributed by atoms with Crippen LogP contribution in [0.2, 0.25) is 0 Å². The Kier molecular flexibility index (Phi) is 51.6. The molecule has 0 heterocycles. The summed E-state index contributed by atoms with van der Waals surface area (Å²) in [5.74, 6) is -0.322. The van der Waals surface area contributed by atoms with E-state index in [1.54, 1.807) is 0 Å². The van der Waals surface area contributed by atoms with Gasteiger partial charge in [0.2, 0.25) is 0 Å². The lowest BCUT2D eigenvalue weighted by Crippen LogP contribution is -2.28. The van der Waals surface area contributed by atoms with E-state index < -0.39 is 13.9 Å². The molecule has 8 nitrogen and oxygen atoms in total. The first-order valence-electron chi connectivity index (χ1n) is 27.7. The zero-order valence-electron chi connectivity index (χ0n) is 42.1. The van der Waals surface area contributed by atoms with Gasteiger partial charge in [0.25, 0.3) is 0 Å². The average molecular weight is 914 g/mol. The van der Waals surface area contributed by atoms with E-state index in [4.69, 9.17) is 24.3 Å². The second-order valence-corrected chi connectivity index (χ2v) is 20.3. The molecule has 0 saturated heterocycles. The maximum atomic E-state index is 12.7. The Bertz CT molecular complexity index is 982. The smallest absolute Gasteiger partial charge is 0.457 e. The number of hydrogen-bond donors (Lipinski definition) is 2. The van der Waals surface area contributed by atoms with Gasteiger partial charge >= 0.3 is 13.8 Å². The molecule has 0 aliphatic heterocycles. The Morgan fingerprint density at radius 2 is 0.794 bits per heavy atom. The molecule has 3 N–H and O–H groups in total. The number of allylic oxidation sites excluding steroid dienone is 2. The van der Waals surface area contributed by atoms with E-state index in [9.17, 15) is 14.3 Å². The van der Waals surface area contributed by atoms with Gasteiger partial charge in [-0.3, -0.25) is 13.8 Å². The summed E-state index contributed by atoms with van der Waals surface area (Å²) in [4.78, 5) is 22.6. The van der Waals surface area contributed by atoms with Gasteiger partial charge in [0.1, 0.15) is 6.10 Å². The number of esters is 1. The monoisotopic (exact) mass is 914 g/mol. The van der Waals surface area contributed by atoms with Gasteiger partial charge in [-0.1, -0.05) is 257 Å². The second-order valence-electron chi connectivity index (χ2n) is 18.8. The summed E-state index contributed by atoms with van der Waals surface area (Å²) >= 11 is 0. The highest BCUT2D eigenvalue weighted by Crippen LogP contribution is 2.43. The predicted molar refractivity (Wildman–Crippen MR) is 271 cm³/mol. The van der Waals surface area contributed by atoms with E-state index in [2.05, 4.69) is 26.0 Å². The highest BCUT2D eigenvalue weighted by Gasteiger charge is 2.25. The van der Waals surface area contributed by atoms with Gasteiger partial charge in [0, 0.05) is 19.6 Å². The molecule has 0 aromatic heterocycles. The standard InChI is InChI=1S/C54H108NO7P/c1-3-5-7-9-11-13-15-17-19-21-23-25-27-29-31-33-35-37-39-41-43-45-47-54(56)62-53(52-61-63(57,58)60-50-48-55)51-59-49-46-44-42-40-38-36-34-32-30-28-26-24-22-20-18-16-14-12-10-8-6-4-2/h22,24,53H,3-21,23,25-52,55H2,1-2H3,(H,57,58)/b24-22-. The third-order valence-electron chi connectivity index (χ3n) is 12.4. The lowest BCUT2D eigenvalue weighted by molar-refractivity contribution is -0.154. The van der Waals surface area contributed by atoms with Crippen molar-refractivity contribution in [1.82, 2.24) is 0 Å². The number of carbonyl (C=O) groups is 1. The molecule has 0 aliphatic rings. The fourth-order valence-corrected chi connectivity index (χ4v) is 9.11. The molecule has 0 saturated carbocycles. The van der Waals surface area contributed by atoms with E-state index >= 15 is 0 Å². The summed E-state index contributed by atoms with van der Waals surface area (Å²) in [7, 11) is -4.28. The summed E-state index contributed by atoms with van der Waals surface area (Å²) in [6.07, 6.45) is 59.7. The minimum absolute atomic E-state index is 0.0917. The summed E-state index contributed by atoms with van der Waals surface area (Å²) < 4.78 is 33.7. The van der Waals surface area contributed by atoms with E-state index in [0.717, 1.165) is 32.1 Å². The van der Waals surface area contributed by atoms with E-state index in [-0.39, 0.29) is 32.3 Å². The SMILES string of the molecule is CCCCCCCCCC/C=C\CCCCCCCCCCCCOCC(COP(=O)(O)OCCN)OC(=O)CCCCCCCCCCCCCCCCCCCCCCCC. The Morgan fingerprint density at radius 1 is 0.460 bits per heavy atom. The van der Waals surface area contributed by atoms with Crippen LogP contribution in [0.15, 0.2) is 12.2 Å². The van der Waals surface area contributed by atoms with E-state index in [0.29, 0.717) is 13.0 Å². The third kappa shape index (κ3) is 52.1. The first kappa shape index (κ1) is 62.2. The van der Waals surface area contributed by atoms with Gasteiger partial charge < -0.3 is 20.1 Å². The Hall–Kier alpha value is -0.760. The molecule has 0 amide bonds. The number of nitrogens with two attached hydrogens (primary N) is 1. The molecule has 2 unspecified atom stereocenters. The number of unbranched alkanes of at least 4 members (excludes halogenated alkanes) is 39. The highest BCUT2D eigenvalue weighted by atomic mass is 31.2. The molecule has 63 heavy (non-hydrogen) atoms. The third-order valence-corrected chi connectivity index (χ3v) is 13.4. The molecule has 0 aromatic carbocycles. The quantitative estimate of drug-likeness (QED) is 0.0268. The normalized spacial score (nSPS) is 13.3. The van der Waals surface area contributed by atoms with Crippen LogP contribution >= 0.6 is 7.82 Å². The topological polar surface area (TPSA) is 117 Å². The van der Waals surface area contributed by atoms with Gasteiger partial charge in [-0.15, -0.1) is 0 Å². The second kappa shape index (κ2) is 52.2. The van der Waals surface area contributed by atoms with Crippen molar-refractivity contribution in [2.75, 3.05) is 33.0 Å². The highest BCUT2D eigenvalue weighted by molar-refractivity contribution is 7.47. The van der Waals surface area contributed by atoms with E-state index in [1.165, 1.54) is 238 Å². The largest absolute Gasteiger partial charge is 0.472 e. The average Bonchev–Trinajstić information content (AvgIpc) is 3.28. The molecule has 9 heteroatoms. The van der Waals surface area contributed by atoms with Gasteiger partial charge in [-0.25, -0.2) is 4.57 Å². The number of rotatable bonds is 54. The van der Waals surface area contributed by atoms with Crippen molar-refractivity contribution in [3.8, 4) is 0 Å². The molecule has 0 rings (SSSR count). The van der Waals surface area contributed by atoms with Gasteiger partial charge in [0.15, 0.2) is 0 Å². The number of carbonyl (C=O) groups excluding carboxylic acids is 1. The van der Waals surface area contributed by atoms with Crippen molar-refractivity contribution in [2.45, 2.75) is 296 Å². The zero-order valence-corrected chi connectivity index (χ0v) is 43.0. The van der Waals surface area contributed by atoms with Gasteiger partial charge in [-0.2, -0.15) is 0 Å². The van der Waals surface area contributed by atoms with Crippen molar-refractivity contribution in [3.63, 3.8) is 0 Å². The Labute approximate surface area is 392 Å². The van der Waals surface area contributed by atoms with E-state index in [1.807, 2.05) is 0 Å². The van der Waals surface area contributed by atoms with Crippen molar-refractivity contribution in [3.05, 3.63) is 12.2 Å². The maximum Gasteiger partial charge on any atom is 0.472 e. The Morgan fingerprint density at radius 3 is 1.16 bits per heavy atom. The molecule has 0 radical (unpaired) electrons. The van der Waals surface area contributed by atoms with Crippen molar-refractivity contribution in [2.24, 2.45) is 5.73 Å². The summed E-state index contributed by atoms with van der Waals surface area (Å²) in [6.45, 7) is 5.00. The van der Waals surface area contributed by atoms with Crippen LogP contribution in [-0.4, -0.2) is 49.9 Å². The lowest BCUT2D eigenvalue weighted by Gasteiger charge is -2.20. The molecular weight excluding hydrogens is 806 g/mol. The number of phosphoric ester groups is 1. The first-order valence-corrected chi connectivity index (χ1v) is 29.2. The first-order chi connectivity index (χ1) is 30.9. The van der Waals surface area contributed by atoms with Crippen molar-refractivity contribution >= 4 is 13.8 Å². The van der Waals surface area contributed by atoms with Crippen LogP contribution in [0.3, 0.4) is 0 Å². The fourth-order valence-electron chi connectivity index (χ4n) is 8.35. The molecule has 2 atom stereocenters. The molecule has 0 spiro atoms. The molecule has 0 aromatic rings. The summed E-state index contributed by atoms with van der Waals surface area (Å²) in [5, 5.41) is 0. The van der Waals surface area contributed by atoms with Crippen LogP contribution in [0.25, 0.3) is 0 Å². The molecule has 0 fully saturated rings. The number of phosphoric acid groups is 1. The zero-order chi connectivity index (χ0) is 45.8. The Balaban J connectivity index is 3.86. The molecular formula is C54H108NO7P. The van der Waals surface area contributed by atoms with Crippen LogP contribution in [0.4, 0.5) is 0 Å². The van der Waals surface area contributed by atoms with Crippen LogP contribution in [-0.2, 0) is 27.9 Å². The van der Waals surface area contributed by atoms with Crippen LogP contribution in [0.1, 0.15) is 290 Å². The van der Waals surface area contributed by atoms with Gasteiger partial charge in [0.05, 0.1) is 19.8 Å². The minimum atomic E-state index is -4.28. The number of ether oxygens (including phenoxy) is 2. The van der Waals surface area contributed by atoms with Crippen molar-refractivity contribution in [1.29, 1.82) is 0 Å². The summed E-state index contributed by atoms with van der Waals surface area (Å²) in [5.41, 5.74) is 5.40. The molecule has 0 bridgehead atoms. The molecule has 376 valence electrons. The molecule has 0 aliphatic carbocycles. The predicted octanol–water partition coefficient (Wildman–Crippen LogP) is 17.4. The van der Waals surface area contributed by atoms with Crippen LogP contribution < -0.4 is 5.73 Å². The lowest BCUT2D eigenvalue weighted by atomic mass is 10.0. The van der Waals surface area contributed by atoms with Crippen LogP contribution in [0.5, 0.6) is 0 Å². The van der Waals surface area contributed by atoms with Gasteiger partial charge in [-0.05, 0) is 38.5 Å². The van der Waals surface area contributed by atoms with Crippen molar-refractivity contribution < 1.29 is 32.8 Å². The number of hydrogen-bond acceptors (Lipinski definition) is 7. The fraction of sp³-hybridized carbons (Fsp3) is 0.944. The minimum Gasteiger partial charge on any atom is -0.457 e.